The molecule has 1 aliphatic heterocycles. The fourth-order valence-corrected chi connectivity index (χ4v) is 2.64. The van der Waals surface area contributed by atoms with Crippen LogP contribution in [0.15, 0.2) is 24.3 Å². The number of anilines is 1. The Hall–Kier alpha value is -2.17. The minimum Gasteiger partial charge on any atom is -0.304 e. The van der Waals surface area contributed by atoms with Crippen LogP contribution in [-0.2, 0) is 18.4 Å². The Balaban J connectivity index is 1.78. The maximum Gasteiger partial charge on any atom is 0.275 e. The highest BCUT2D eigenvalue weighted by Gasteiger charge is 2.19. The molecule has 5 heteroatoms. The molecule has 0 fully saturated rings. The highest BCUT2D eigenvalue weighted by Crippen LogP contribution is 2.21. The lowest BCUT2D eigenvalue weighted by Gasteiger charge is -2.17. The quantitative estimate of drug-likeness (QED) is 0.926. The van der Waals surface area contributed by atoms with Crippen molar-refractivity contribution in [1.82, 2.24) is 14.8 Å². The van der Waals surface area contributed by atoms with Crippen LogP contribution in [0.3, 0.4) is 0 Å². The molecule has 116 valence electrons. The van der Waals surface area contributed by atoms with Crippen LogP contribution < -0.4 is 5.32 Å². The topological polar surface area (TPSA) is 59.8 Å². The standard InChI is InChI=1S/C17H22N4O/c1-17(2,3)14-9-6-8-13(18-14)16(22)19-15-11-12-7-4-5-10-21(12)20-15/h6,8-9,11H,4-5,7,10H2,1-3H3,(H,19,20,22). The molecule has 0 bridgehead atoms. The predicted octanol–water partition coefficient (Wildman–Crippen LogP) is 3.16. The summed E-state index contributed by atoms with van der Waals surface area (Å²) in [5.74, 6) is 0.409. The number of rotatable bonds is 2. The highest BCUT2D eigenvalue weighted by atomic mass is 16.2. The second-order valence-corrected chi connectivity index (χ2v) is 6.81. The van der Waals surface area contributed by atoms with Crippen molar-refractivity contribution >= 4 is 11.7 Å². The van der Waals surface area contributed by atoms with Crippen molar-refractivity contribution in [1.29, 1.82) is 0 Å². The Morgan fingerprint density at radius 3 is 2.82 bits per heavy atom. The highest BCUT2D eigenvalue weighted by molar-refractivity contribution is 6.02. The zero-order valence-electron chi connectivity index (χ0n) is 13.4. The molecule has 0 radical (unpaired) electrons. The van der Waals surface area contributed by atoms with Crippen molar-refractivity contribution in [3.05, 3.63) is 41.3 Å². The normalized spacial score (nSPS) is 14.5. The smallest absolute Gasteiger partial charge is 0.275 e. The first-order valence-corrected chi connectivity index (χ1v) is 7.79. The van der Waals surface area contributed by atoms with E-state index in [4.69, 9.17) is 0 Å². The maximum absolute atomic E-state index is 12.4. The number of nitrogens with one attached hydrogen (secondary N) is 1. The minimum absolute atomic E-state index is 0.0796. The predicted molar refractivity (Wildman–Crippen MR) is 86.1 cm³/mol. The van der Waals surface area contributed by atoms with Gasteiger partial charge in [0.2, 0.25) is 0 Å². The van der Waals surface area contributed by atoms with E-state index < -0.39 is 0 Å². The SMILES string of the molecule is CC(C)(C)c1cccc(C(=O)Nc2cc3n(n2)CCCC3)n1. The molecule has 0 atom stereocenters. The van der Waals surface area contributed by atoms with Gasteiger partial charge in [0.05, 0.1) is 0 Å². The number of nitrogens with zero attached hydrogens (tertiary/aromatic N) is 3. The van der Waals surface area contributed by atoms with Gasteiger partial charge in [-0.05, 0) is 31.4 Å². The second kappa shape index (κ2) is 5.55. The number of fused-ring (bicyclic) bond motifs is 1. The van der Waals surface area contributed by atoms with Crippen LogP contribution >= 0.6 is 0 Å². The summed E-state index contributed by atoms with van der Waals surface area (Å²) in [7, 11) is 0. The Labute approximate surface area is 130 Å². The van der Waals surface area contributed by atoms with E-state index in [-0.39, 0.29) is 11.3 Å². The number of pyridine rings is 1. The van der Waals surface area contributed by atoms with Gasteiger partial charge in [-0.3, -0.25) is 9.48 Å². The van der Waals surface area contributed by atoms with Gasteiger partial charge in [-0.25, -0.2) is 4.98 Å². The van der Waals surface area contributed by atoms with E-state index in [0.717, 1.165) is 25.1 Å². The van der Waals surface area contributed by atoms with Crippen LogP contribution in [0.25, 0.3) is 0 Å². The Kier molecular flexibility index (Phi) is 3.72. The summed E-state index contributed by atoms with van der Waals surface area (Å²) in [5, 5.41) is 7.31. The molecule has 1 aliphatic rings. The molecule has 0 aliphatic carbocycles. The molecule has 22 heavy (non-hydrogen) atoms. The maximum atomic E-state index is 12.4. The van der Waals surface area contributed by atoms with Crippen molar-refractivity contribution in [3.63, 3.8) is 0 Å². The number of aromatic nitrogens is 3. The van der Waals surface area contributed by atoms with Gasteiger partial charge in [-0.2, -0.15) is 5.10 Å². The van der Waals surface area contributed by atoms with E-state index in [9.17, 15) is 4.79 Å². The first-order valence-electron chi connectivity index (χ1n) is 7.79. The third-order valence-electron chi connectivity index (χ3n) is 3.91. The molecule has 0 spiro atoms. The summed E-state index contributed by atoms with van der Waals surface area (Å²) in [6, 6.07) is 7.53. The fraction of sp³-hybridized carbons (Fsp3) is 0.471. The molecule has 3 rings (SSSR count). The summed E-state index contributed by atoms with van der Waals surface area (Å²) in [6.45, 7) is 7.18. The van der Waals surface area contributed by atoms with Gasteiger partial charge in [-0.15, -0.1) is 0 Å². The Morgan fingerprint density at radius 1 is 1.27 bits per heavy atom. The molecule has 1 amide bonds. The molecule has 5 nitrogen and oxygen atoms in total. The summed E-state index contributed by atoms with van der Waals surface area (Å²) < 4.78 is 1.98. The second-order valence-electron chi connectivity index (χ2n) is 6.81. The summed E-state index contributed by atoms with van der Waals surface area (Å²) >= 11 is 0. The van der Waals surface area contributed by atoms with Gasteiger partial charge in [-0.1, -0.05) is 26.8 Å². The molecular weight excluding hydrogens is 276 g/mol. The molecule has 3 heterocycles. The fourth-order valence-electron chi connectivity index (χ4n) is 2.64. The minimum atomic E-state index is -0.207. The van der Waals surface area contributed by atoms with Gasteiger partial charge in [0, 0.05) is 29.4 Å². The van der Waals surface area contributed by atoms with Gasteiger partial charge >= 0.3 is 0 Å². The number of carbonyl (C=O) groups is 1. The van der Waals surface area contributed by atoms with Crippen molar-refractivity contribution in [3.8, 4) is 0 Å². The monoisotopic (exact) mass is 298 g/mol. The number of aryl methyl sites for hydroxylation is 2. The van der Waals surface area contributed by atoms with Gasteiger partial charge in [0.15, 0.2) is 5.82 Å². The molecule has 0 saturated heterocycles. The lowest BCUT2D eigenvalue weighted by Crippen LogP contribution is -2.19. The molecule has 0 saturated carbocycles. The average molecular weight is 298 g/mol. The summed E-state index contributed by atoms with van der Waals surface area (Å²) in [5.41, 5.74) is 2.45. The van der Waals surface area contributed by atoms with Crippen molar-refractivity contribution in [2.45, 2.75) is 52.0 Å². The lowest BCUT2D eigenvalue weighted by molar-refractivity contribution is 0.102. The van der Waals surface area contributed by atoms with E-state index in [2.05, 4.69) is 36.2 Å². The Bertz CT molecular complexity index is 673. The van der Waals surface area contributed by atoms with Crippen molar-refractivity contribution < 1.29 is 4.79 Å². The van der Waals surface area contributed by atoms with Crippen LogP contribution in [0.4, 0.5) is 5.82 Å². The molecular formula is C17H22N4O. The molecule has 0 unspecified atom stereocenters. The largest absolute Gasteiger partial charge is 0.304 e. The number of hydrogen-bond acceptors (Lipinski definition) is 3. The number of amides is 1. The summed E-state index contributed by atoms with van der Waals surface area (Å²) in [6.07, 6.45) is 3.37. The van der Waals surface area contributed by atoms with E-state index in [1.54, 1.807) is 6.07 Å². The van der Waals surface area contributed by atoms with E-state index in [0.29, 0.717) is 11.5 Å². The number of carbonyl (C=O) groups excluding carboxylic acids is 1. The van der Waals surface area contributed by atoms with Gasteiger partial charge < -0.3 is 5.32 Å². The van der Waals surface area contributed by atoms with E-state index in [1.807, 2.05) is 22.9 Å². The lowest BCUT2D eigenvalue weighted by atomic mass is 9.91. The van der Waals surface area contributed by atoms with Crippen LogP contribution in [0.2, 0.25) is 0 Å². The van der Waals surface area contributed by atoms with Crippen LogP contribution in [-0.4, -0.2) is 20.7 Å². The van der Waals surface area contributed by atoms with Gasteiger partial charge in [0.25, 0.3) is 5.91 Å². The van der Waals surface area contributed by atoms with E-state index >= 15 is 0 Å². The van der Waals surface area contributed by atoms with Crippen LogP contribution in [0.5, 0.6) is 0 Å². The zero-order chi connectivity index (χ0) is 15.7. The van der Waals surface area contributed by atoms with Crippen LogP contribution in [0.1, 0.15) is 55.5 Å². The Morgan fingerprint density at radius 2 is 2.09 bits per heavy atom. The van der Waals surface area contributed by atoms with Crippen LogP contribution in [0, 0.1) is 0 Å². The van der Waals surface area contributed by atoms with Crippen molar-refractivity contribution in [2.24, 2.45) is 0 Å². The molecule has 1 N–H and O–H groups in total. The first-order chi connectivity index (χ1) is 10.4. The average Bonchev–Trinajstić information content (AvgIpc) is 2.88. The molecule has 2 aromatic rings. The molecule has 2 aromatic heterocycles. The van der Waals surface area contributed by atoms with Crippen molar-refractivity contribution in [2.75, 3.05) is 5.32 Å². The third kappa shape index (κ3) is 3.03. The first kappa shape index (κ1) is 14.8. The van der Waals surface area contributed by atoms with E-state index in [1.165, 1.54) is 12.1 Å². The van der Waals surface area contributed by atoms with Gasteiger partial charge in [0.1, 0.15) is 5.69 Å². The molecule has 0 aromatic carbocycles. The number of hydrogen-bond donors (Lipinski definition) is 1. The summed E-state index contributed by atoms with van der Waals surface area (Å²) in [4.78, 5) is 16.9. The third-order valence-corrected chi connectivity index (χ3v) is 3.91. The zero-order valence-corrected chi connectivity index (χ0v) is 13.4.